The average Bonchev–Trinajstić information content (AvgIpc) is 2.94. The molecule has 1 saturated heterocycles. The number of amides is 1. The highest BCUT2D eigenvalue weighted by Gasteiger charge is 2.22. The fraction of sp³-hybridized carbons (Fsp3) is 0.533. The van der Waals surface area contributed by atoms with Gasteiger partial charge in [-0.05, 0) is 24.5 Å². The number of anilines is 1. The van der Waals surface area contributed by atoms with Gasteiger partial charge in [-0.2, -0.15) is 0 Å². The second-order valence-corrected chi connectivity index (χ2v) is 7.49. The van der Waals surface area contributed by atoms with Crippen LogP contribution in [0.3, 0.4) is 0 Å². The summed E-state index contributed by atoms with van der Waals surface area (Å²) in [5.74, 6) is 0.321. The fourth-order valence-electron chi connectivity index (χ4n) is 2.57. The van der Waals surface area contributed by atoms with Crippen LogP contribution in [0.15, 0.2) is 30.3 Å². The van der Waals surface area contributed by atoms with Gasteiger partial charge in [0, 0.05) is 38.3 Å². The second kappa shape index (κ2) is 7.60. The van der Waals surface area contributed by atoms with Crippen LogP contribution >= 0.6 is 0 Å². The lowest BCUT2D eigenvalue weighted by Crippen LogP contribution is -2.33. The zero-order valence-corrected chi connectivity index (χ0v) is 13.6. The molecule has 0 spiro atoms. The molecule has 1 aromatic carbocycles. The Morgan fingerprint density at radius 1 is 1.32 bits per heavy atom. The number of hydrogen-bond acceptors (Lipinski definition) is 4. The largest absolute Gasteiger partial charge is 0.371 e. The van der Waals surface area contributed by atoms with Crippen LogP contribution in [0.25, 0.3) is 0 Å². The third-order valence-electron chi connectivity index (χ3n) is 3.71. The van der Waals surface area contributed by atoms with Gasteiger partial charge in [0.1, 0.15) is 0 Å². The van der Waals surface area contributed by atoms with E-state index in [0.29, 0.717) is 12.5 Å². The molecule has 0 bridgehead atoms. The zero-order valence-electron chi connectivity index (χ0n) is 12.8. The molecule has 1 aromatic rings. The normalized spacial score (nSPS) is 18.4. The van der Waals surface area contributed by atoms with E-state index in [0.717, 1.165) is 25.8 Å². The number of rotatable bonds is 7. The number of nitrogens with one attached hydrogen (secondary N) is 2. The predicted octanol–water partition coefficient (Wildman–Crippen LogP) is 0.568. The molecular weight excluding hydrogens is 302 g/mol. The molecular formula is C15H23N3O3S. The molecule has 1 heterocycles. The van der Waals surface area contributed by atoms with Crippen LogP contribution in [0, 0.1) is 5.92 Å². The van der Waals surface area contributed by atoms with Crippen molar-refractivity contribution < 1.29 is 13.2 Å². The van der Waals surface area contributed by atoms with Crippen molar-refractivity contribution in [2.24, 2.45) is 5.92 Å². The predicted molar refractivity (Wildman–Crippen MR) is 87.2 cm³/mol. The number of hydrogen-bond donors (Lipinski definition) is 2. The Morgan fingerprint density at radius 3 is 2.73 bits per heavy atom. The Hall–Kier alpha value is -1.60. The Labute approximate surface area is 131 Å². The lowest BCUT2D eigenvalue weighted by molar-refractivity contribution is -0.121. The highest BCUT2D eigenvalue weighted by Crippen LogP contribution is 2.22. The lowest BCUT2D eigenvalue weighted by atomic mass is 10.1. The Kier molecular flexibility index (Phi) is 5.79. The summed E-state index contributed by atoms with van der Waals surface area (Å²) in [6, 6.07) is 10.2. The molecule has 2 N–H and O–H groups in total. The van der Waals surface area contributed by atoms with Gasteiger partial charge in [0.2, 0.25) is 15.9 Å². The van der Waals surface area contributed by atoms with Gasteiger partial charge in [0.25, 0.3) is 0 Å². The Morgan fingerprint density at radius 2 is 2.05 bits per heavy atom. The molecule has 7 heteroatoms. The SMILES string of the molecule is CS(=O)(=O)NCCC(=O)NC[C@H]1CCN(c2ccccc2)C1. The first-order valence-corrected chi connectivity index (χ1v) is 9.34. The van der Waals surface area contributed by atoms with E-state index < -0.39 is 10.0 Å². The number of carbonyl (C=O) groups excluding carboxylic acids is 1. The van der Waals surface area contributed by atoms with Crippen LogP contribution in [-0.2, 0) is 14.8 Å². The van der Waals surface area contributed by atoms with Crippen molar-refractivity contribution in [1.29, 1.82) is 0 Å². The minimum absolute atomic E-state index is 0.116. The number of sulfonamides is 1. The zero-order chi connectivity index (χ0) is 16.0. The average molecular weight is 325 g/mol. The molecule has 22 heavy (non-hydrogen) atoms. The summed E-state index contributed by atoms with van der Waals surface area (Å²) in [5, 5.41) is 2.88. The molecule has 1 amide bonds. The molecule has 122 valence electrons. The van der Waals surface area contributed by atoms with Crippen LogP contribution in [0.1, 0.15) is 12.8 Å². The van der Waals surface area contributed by atoms with Gasteiger partial charge < -0.3 is 10.2 Å². The van der Waals surface area contributed by atoms with Gasteiger partial charge in [0.15, 0.2) is 0 Å². The molecule has 0 unspecified atom stereocenters. The van der Waals surface area contributed by atoms with Gasteiger partial charge in [-0.1, -0.05) is 18.2 Å². The molecule has 6 nitrogen and oxygen atoms in total. The van der Waals surface area contributed by atoms with Crippen LogP contribution in [0.2, 0.25) is 0 Å². The van der Waals surface area contributed by atoms with E-state index in [1.54, 1.807) is 0 Å². The van der Waals surface area contributed by atoms with Gasteiger partial charge >= 0.3 is 0 Å². The molecule has 0 saturated carbocycles. The van der Waals surface area contributed by atoms with Crippen molar-refractivity contribution in [3.63, 3.8) is 0 Å². The summed E-state index contributed by atoms with van der Waals surface area (Å²) in [4.78, 5) is 14.0. The van der Waals surface area contributed by atoms with E-state index in [1.807, 2.05) is 18.2 Å². The van der Waals surface area contributed by atoms with E-state index >= 15 is 0 Å². The minimum Gasteiger partial charge on any atom is -0.371 e. The summed E-state index contributed by atoms with van der Waals surface area (Å²) in [5.41, 5.74) is 1.22. The molecule has 1 aliphatic heterocycles. The van der Waals surface area contributed by atoms with Crippen molar-refractivity contribution in [3.05, 3.63) is 30.3 Å². The van der Waals surface area contributed by atoms with E-state index in [1.165, 1.54) is 5.69 Å². The number of nitrogens with zero attached hydrogens (tertiary/aromatic N) is 1. The van der Waals surface area contributed by atoms with Gasteiger partial charge in [-0.3, -0.25) is 4.79 Å². The maximum absolute atomic E-state index is 11.7. The van der Waals surface area contributed by atoms with Crippen molar-refractivity contribution in [2.75, 3.05) is 37.3 Å². The second-order valence-electron chi connectivity index (χ2n) is 5.66. The topological polar surface area (TPSA) is 78.5 Å². The summed E-state index contributed by atoms with van der Waals surface area (Å²) >= 11 is 0. The van der Waals surface area contributed by atoms with Gasteiger partial charge in [-0.15, -0.1) is 0 Å². The molecule has 0 aliphatic carbocycles. The summed E-state index contributed by atoms with van der Waals surface area (Å²) in [7, 11) is -3.22. The monoisotopic (exact) mass is 325 g/mol. The highest BCUT2D eigenvalue weighted by atomic mass is 32.2. The van der Waals surface area contributed by atoms with Gasteiger partial charge in [-0.25, -0.2) is 13.1 Å². The Bertz CT molecular complexity index is 589. The molecule has 0 radical (unpaired) electrons. The molecule has 1 fully saturated rings. The van der Waals surface area contributed by atoms with Crippen LogP contribution < -0.4 is 14.9 Å². The third kappa shape index (κ3) is 5.65. The van der Waals surface area contributed by atoms with Gasteiger partial charge in [0.05, 0.1) is 6.26 Å². The van der Waals surface area contributed by atoms with E-state index in [4.69, 9.17) is 0 Å². The van der Waals surface area contributed by atoms with E-state index in [9.17, 15) is 13.2 Å². The quantitative estimate of drug-likeness (QED) is 0.768. The van der Waals surface area contributed by atoms with E-state index in [2.05, 4.69) is 27.1 Å². The van der Waals surface area contributed by atoms with Crippen LogP contribution in [0.5, 0.6) is 0 Å². The van der Waals surface area contributed by atoms with E-state index in [-0.39, 0.29) is 18.9 Å². The maximum Gasteiger partial charge on any atom is 0.221 e. The maximum atomic E-state index is 11.7. The van der Waals surface area contributed by atoms with Crippen molar-refractivity contribution in [3.8, 4) is 0 Å². The first kappa shape index (κ1) is 16.8. The van der Waals surface area contributed by atoms with Crippen molar-refractivity contribution in [1.82, 2.24) is 10.0 Å². The lowest BCUT2D eigenvalue weighted by Gasteiger charge is -2.18. The summed E-state index contributed by atoms with van der Waals surface area (Å²) < 4.78 is 24.1. The van der Waals surface area contributed by atoms with Crippen molar-refractivity contribution in [2.45, 2.75) is 12.8 Å². The standard InChI is InChI=1S/C15H23N3O3S/c1-22(20,21)17-9-7-15(19)16-11-13-8-10-18(12-13)14-5-3-2-4-6-14/h2-6,13,17H,7-12H2,1H3,(H,16,19)/t13-/m1/s1. The first-order chi connectivity index (χ1) is 10.4. The fourth-order valence-corrected chi connectivity index (χ4v) is 3.04. The third-order valence-corrected chi connectivity index (χ3v) is 4.44. The van der Waals surface area contributed by atoms with Crippen molar-refractivity contribution >= 4 is 21.6 Å². The minimum atomic E-state index is -3.22. The van der Waals surface area contributed by atoms with Crippen LogP contribution in [0.4, 0.5) is 5.69 Å². The smallest absolute Gasteiger partial charge is 0.221 e. The van der Waals surface area contributed by atoms with Crippen LogP contribution in [-0.4, -0.2) is 46.8 Å². The Balaban J connectivity index is 1.67. The molecule has 0 aromatic heterocycles. The first-order valence-electron chi connectivity index (χ1n) is 7.45. The number of para-hydroxylation sites is 1. The molecule has 1 atom stereocenters. The summed E-state index contributed by atoms with van der Waals surface area (Å²) in [6.07, 6.45) is 2.31. The number of carbonyl (C=O) groups is 1. The molecule has 1 aliphatic rings. The highest BCUT2D eigenvalue weighted by molar-refractivity contribution is 7.88. The number of benzene rings is 1. The summed E-state index contributed by atoms with van der Waals surface area (Å²) in [6.45, 7) is 2.72. The molecule has 2 rings (SSSR count).